The van der Waals surface area contributed by atoms with E-state index in [1.807, 2.05) is 60.0 Å². The molecular formula is C24H22Cl2N2O3. The summed E-state index contributed by atoms with van der Waals surface area (Å²) in [6, 6.07) is 20.6. The molecule has 5 nitrogen and oxygen atoms in total. The Labute approximate surface area is 190 Å². The molecule has 0 radical (unpaired) electrons. The SMILES string of the molecule is Cc1cccc(OCC(O)Cn2c(COc3ccc(Cl)cc3Cl)nc3ccccc32)c1. The fraction of sp³-hybridized carbons (Fsp3) is 0.208. The van der Waals surface area contributed by atoms with Crippen molar-refractivity contribution in [1.82, 2.24) is 9.55 Å². The Morgan fingerprint density at radius 3 is 2.65 bits per heavy atom. The highest BCUT2D eigenvalue weighted by atomic mass is 35.5. The predicted molar refractivity (Wildman–Crippen MR) is 123 cm³/mol. The molecule has 160 valence electrons. The topological polar surface area (TPSA) is 56.5 Å². The smallest absolute Gasteiger partial charge is 0.148 e. The third kappa shape index (κ3) is 5.31. The maximum absolute atomic E-state index is 10.6. The van der Waals surface area contributed by atoms with Gasteiger partial charge < -0.3 is 19.1 Å². The van der Waals surface area contributed by atoms with Gasteiger partial charge in [-0.15, -0.1) is 0 Å². The van der Waals surface area contributed by atoms with Gasteiger partial charge in [0.2, 0.25) is 0 Å². The van der Waals surface area contributed by atoms with Crippen molar-refractivity contribution >= 4 is 34.2 Å². The summed E-state index contributed by atoms with van der Waals surface area (Å²) in [4.78, 5) is 4.67. The van der Waals surface area contributed by atoms with Crippen LogP contribution in [0.1, 0.15) is 11.4 Å². The first-order valence-electron chi connectivity index (χ1n) is 9.89. The van der Waals surface area contributed by atoms with E-state index in [0.717, 1.165) is 22.3 Å². The number of rotatable bonds is 8. The van der Waals surface area contributed by atoms with Crippen LogP contribution in [0.25, 0.3) is 11.0 Å². The fourth-order valence-corrected chi connectivity index (χ4v) is 3.80. The number of para-hydroxylation sites is 2. The zero-order valence-electron chi connectivity index (χ0n) is 17.0. The van der Waals surface area contributed by atoms with Crippen molar-refractivity contribution in [2.45, 2.75) is 26.2 Å². The Bertz CT molecular complexity index is 1190. The molecule has 4 aromatic rings. The van der Waals surface area contributed by atoms with E-state index in [9.17, 15) is 5.11 Å². The average molecular weight is 457 g/mol. The maximum Gasteiger partial charge on any atom is 0.148 e. The number of aromatic nitrogens is 2. The number of nitrogens with zero attached hydrogens (tertiary/aromatic N) is 2. The summed E-state index contributed by atoms with van der Waals surface area (Å²) in [5.74, 6) is 1.94. The van der Waals surface area contributed by atoms with E-state index in [1.54, 1.807) is 18.2 Å². The molecule has 7 heteroatoms. The van der Waals surface area contributed by atoms with Crippen molar-refractivity contribution in [2.75, 3.05) is 6.61 Å². The summed E-state index contributed by atoms with van der Waals surface area (Å²) in [6.07, 6.45) is -0.726. The van der Waals surface area contributed by atoms with Crippen molar-refractivity contribution in [2.24, 2.45) is 0 Å². The zero-order chi connectivity index (χ0) is 21.8. The van der Waals surface area contributed by atoms with Crippen LogP contribution in [-0.4, -0.2) is 27.4 Å². The van der Waals surface area contributed by atoms with Crippen LogP contribution in [0.3, 0.4) is 0 Å². The highest BCUT2D eigenvalue weighted by molar-refractivity contribution is 6.35. The van der Waals surface area contributed by atoms with Gasteiger partial charge in [-0.2, -0.15) is 0 Å². The molecule has 31 heavy (non-hydrogen) atoms. The summed E-state index contributed by atoms with van der Waals surface area (Å²) < 4.78 is 13.6. The van der Waals surface area contributed by atoms with Gasteiger partial charge >= 0.3 is 0 Å². The van der Waals surface area contributed by atoms with Gasteiger partial charge in [-0.25, -0.2) is 4.98 Å². The van der Waals surface area contributed by atoms with E-state index in [2.05, 4.69) is 4.98 Å². The maximum atomic E-state index is 10.6. The van der Waals surface area contributed by atoms with Gasteiger partial charge in [0, 0.05) is 5.02 Å². The molecule has 1 unspecified atom stereocenters. The minimum Gasteiger partial charge on any atom is -0.491 e. The molecule has 0 saturated heterocycles. The van der Waals surface area contributed by atoms with Crippen LogP contribution in [0.5, 0.6) is 11.5 Å². The van der Waals surface area contributed by atoms with E-state index in [4.69, 9.17) is 32.7 Å². The van der Waals surface area contributed by atoms with Crippen molar-refractivity contribution in [3.05, 3.63) is 88.2 Å². The molecular weight excluding hydrogens is 435 g/mol. The molecule has 0 fully saturated rings. The Hall–Kier alpha value is -2.73. The second-order valence-electron chi connectivity index (χ2n) is 7.27. The Balaban J connectivity index is 1.50. The molecule has 4 rings (SSSR count). The molecule has 1 N–H and O–H groups in total. The lowest BCUT2D eigenvalue weighted by atomic mass is 10.2. The minimum absolute atomic E-state index is 0.166. The van der Waals surface area contributed by atoms with Gasteiger partial charge in [0.1, 0.15) is 36.6 Å². The molecule has 0 aliphatic carbocycles. The summed E-state index contributed by atoms with van der Waals surface area (Å²) in [5.41, 5.74) is 2.85. The first kappa shape index (κ1) is 21.5. The van der Waals surface area contributed by atoms with Gasteiger partial charge in [-0.05, 0) is 55.0 Å². The van der Waals surface area contributed by atoms with Crippen molar-refractivity contribution in [3.8, 4) is 11.5 Å². The largest absolute Gasteiger partial charge is 0.491 e. The van der Waals surface area contributed by atoms with Gasteiger partial charge in [-0.1, -0.05) is 47.5 Å². The summed E-state index contributed by atoms with van der Waals surface area (Å²) in [5, 5.41) is 11.6. The number of hydrogen-bond acceptors (Lipinski definition) is 4. The van der Waals surface area contributed by atoms with Crippen LogP contribution in [0.15, 0.2) is 66.7 Å². The lowest BCUT2D eigenvalue weighted by molar-refractivity contribution is 0.0917. The van der Waals surface area contributed by atoms with Gasteiger partial charge in [-0.3, -0.25) is 0 Å². The van der Waals surface area contributed by atoms with Crippen LogP contribution in [0.2, 0.25) is 10.0 Å². The summed E-state index contributed by atoms with van der Waals surface area (Å²) in [7, 11) is 0. The molecule has 0 saturated carbocycles. The van der Waals surface area contributed by atoms with Crippen LogP contribution in [0.4, 0.5) is 0 Å². The normalized spacial score (nSPS) is 12.1. The number of hydrogen-bond donors (Lipinski definition) is 1. The zero-order valence-corrected chi connectivity index (χ0v) is 18.5. The molecule has 0 amide bonds. The molecule has 1 aromatic heterocycles. The number of aryl methyl sites for hydroxylation is 1. The lowest BCUT2D eigenvalue weighted by Gasteiger charge is -2.16. The van der Waals surface area contributed by atoms with Gasteiger partial charge in [0.15, 0.2) is 0 Å². The minimum atomic E-state index is -0.726. The number of halogens is 2. The van der Waals surface area contributed by atoms with Crippen molar-refractivity contribution < 1.29 is 14.6 Å². The molecule has 0 aliphatic rings. The standard InChI is InChI=1S/C24H22Cl2N2O3/c1-16-5-4-6-19(11-16)30-14-18(29)13-28-22-8-3-2-7-21(22)27-24(28)15-31-23-10-9-17(25)12-20(23)26/h2-12,18,29H,13-15H2,1H3. The highest BCUT2D eigenvalue weighted by Gasteiger charge is 2.16. The molecule has 0 spiro atoms. The predicted octanol–water partition coefficient (Wildman–Crippen LogP) is 5.67. The van der Waals surface area contributed by atoms with Gasteiger partial charge in [0.25, 0.3) is 0 Å². The van der Waals surface area contributed by atoms with Crippen LogP contribution < -0.4 is 9.47 Å². The Morgan fingerprint density at radius 1 is 1.00 bits per heavy atom. The first-order chi connectivity index (χ1) is 15.0. The lowest BCUT2D eigenvalue weighted by Crippen LogP contribution is -2.25. The van der Waals surface area contributed by atoms with E-state index < -0.39 is 6.10 Å². The first-order valence-corrected chi connectivity index (χ1v) is 10.6. The van der Waals surface area contributed by atoms with Crippen LogP contribution >= 0.6 is 23.2 Å². The third-order valence-corrected chi connectivity index (χ3v) is 5.34. The Kier molecular flexibility index (Phi) is 6.66. The fourth-order valence-electron chi connectivity index (χ4n) is 3.33. The number of aliphatic hydroxyl groups is 1. The molecule has 0 aliphatic heterocycles. The molecule has 1 atom stereocenters. The van der Waals surface area contributed by atoms with E-state index >= 15 is 0 Å². The second kappa shape index (κ2) is 9.60. The van der Waals surface area contributed by atoms with E-state index in [-0.39, 0.29) is 13.2 Å². The summed E-state index contributed by atoms with van der Waals surface area (Å²) >= 11 is 12.2. The number of ether oxygens (including phenoxy) is 2. The quantitative estimate of drug-likeness (QED) is 0.371. The monoisotopic (exact) mass is 456 g/mol. The third-order valence-electron chi connectivity index (χ3n) is 4.81. The van der Waals surface area contributed by atoms with Crippen molar-refractivity contribution in [3.63, 3.8) is 0 Å². The number of aliphatic hydroxyl groups excluding tert-OH is 1. The second-order valence-corrected chi connectivity index (χ2v) is 8.12. The number of benzene rings is 3. The molecule has 1 heterocycles. The average Bonchev–Trinajstić information content (AvgIpc) is 3.09. The van der Waals surface area contributed by atoms with Gasteiger partial charge in [0.05, 0.1) is 22.6 Å². The van der Waals surface area contributed by atoms with Crippen LogP contribution in [0, 0.1) is 6.92 Å². The van der Waals surface area contributed by atoms with E-state index in [1.165, 1.54) is 0 Å². The number of imidazole rings is 1. The van der Waals surface area contributed by atoms with Crippen LogP contribution in [-0.2, 0) is 13.2 Å². The Morgan fingerprint density at radius 2 is 1.84 bits per heavy atom. The molecule has 0 bridgehead atoms. The molecule has 3 aromatic carbocycles. The summed E-state index contributed by atoms with van der Waals surface area (Å²) in [6.45, 7) is 2.68. The van der Waals surface area contributed by atoms with Crippen molar-refractivity contribution in [1.29, 1.82) is 0 Å². The highest BCUT2D eigenvalue weighted by Crippen LogP contribution is 2.28. The van der Waals surface area contributed by atoms with E-state index in [0.29, 0.717) is 28.2 Å². The number of fused-ring (bicyclic) bond motifs is 1.